The number of rotatable bonds is 4. The molecule has 0 spiro atoms. The van der Waals surface area contributed by atoms with Crippen LogP contribution in [0.1, 0.15) is 51.9 Å². The molecule has 1 aliphatic rings. The van der Waals surface area contributed by atoms with Crippen molar-refractivity contribution in [2.75, 3.05) is 0 Å². The first kappa shape index (κ1) is 21.2. The molecule has 0 radical (unpaired) electrons. The molecule has 2 aromatic carbocycles. The smallest absolute Gasteiger partial charge is 0.262 e. The summed E-state index contributed by atoms with van der Waals surface area (Å²) in [6, 6.07) is 14.8. The number of hydrogen-bond acceptors (Lipinski definition) is 4. The lowest BCUT2D eigenvalue weighted by Crippen LogP contribution is -2.33. The Morgan fingerprint density at radius 2 is 1.70 bits per heavy atom. The second kappa shape index (κ2) is 8.05. The molecule has 1 aliphatic heterocycles. The van der Waals surface area contributed by atoms with Crippen LogP contribution in [-0.2, 0) is 6.42 Å². The average molecular weight is 460 g/mol. The number of benzene rings is 2. The summed E-state index contributed by atoms with van der Waals surface area (Å²) in [4.78, 5) is 36.6. The molecule has 33 heavy (non-hydrogen) atoms. The quantitative estimate of drug-likeness (QED) is 0.351. The fourth-order valence-corrected chi connectivity index (χ4v) is 4.59. The zero-order chi connectivity index (χ0) is 23.3. The van der Waals surface area contributed by atoms with Crippen molar-refractivity contribution in [3.63, 3.8) is 0 Å². The van der Waals surface area contributed by atoms with Crippen LogP contribution in [0, 0.1) is 5.82 Å². The van der Waals surface area contributed by atoms with E-state index in [1.165, 1.54) is 17.2 Å². The van der Waals surface area contributed by atoms with Gasteiger partial charge in [-0.3, -0.25) is 19.5 Å². The van der Waals surface area contributed by atoms with Crippen molar-refractivity contribution in [1.29, 1.82) is 0 Å². The van der Waals surface area contributed by atoms with Crippen LogP contribution in [0.5, 0.6) is 0 Å². The number of fused-ring (bicyclic) bond motifs is 2. The van der Waals surface area contributed by atoms with Crippen LogP contribution >= 0.6 is 11.6 Å². The van der Waals surface area contributed by atoms with Crippen molar-refractivity contribution < 1.29 is 14.0 Å². The van der Waals surface area contributed by atoms with Crippen LogP contribution in [0.15, 0.2) is 60.8 Å². The fraction of sp³-hybridized carbons (Fsp3) is 0.154. The molecule has 0 unspecified atom stereocenters. The molecule has 2 amide bonds. The van der Waals surface area contributed by atoms with Gasteiger partial charge in [0.15, 0.2) is 0 Å². The number of imide groups is 1. The summed E-state index contributed by atoms with van der Waals surface area (Å²) in [7, 11) is 0. The maximum atomic E-state index is 14.3. The molecule has 0 aliphatic carbocycles. The SMILES string of the molecule is CCc1ncc(F)cc1-c1nc2c(Cl)cccc2cc1[C@@H](C)N1C(=O)c2ccccc2C1=O. The predicted octanol–water partition coefficient (Wildman–Crippen LogP) is 6.01. The third-order valence-electron chi connectivity index (χ3n) is 6.02. The zero-order valence-electron chi connectivity index (χ0n) is 18.0. The molecule has 2 aromatic heterocycles. The number of aromatic nitrogens is 2. The number of para-hydroxylation sites is 1. The van der Waals surface area contributed by atoms with Crippen molar-refractivity contribution in [2.24, 2.45) is 0 Å². The summed E-state index contributed by atoms with van der Waals surface area (Å²) in [6.45, 7) is 3.70. The highest BCUT2D eigenvalue weighted by atomic mass is 35.5. The third kappa shape index (κ3) is 3.38. The van der Waals surface area contributed by atoms with Gasteiger partial charge in [0.2, 0.25) is 0 Å². The minimum atomic E-state index is -0.656. The normalized spacial score (nSPS) is 14.1. The molecule has 1 atom stereocenters. The van der Waals surface area contributed by atoms with Gasteiger partial charge in [0, 0.05) is 22.2 Å². The van der Waals surface area contributed by atoms with Crippen molar-refractivity contribution in [3.8, 4) is 11.3 Å². The molecule has 164 valence electrons. The Kier molecular flexibility index (Phi) is 5.17. The van der Waals surface area contributed by atoms with E-state index >= 15 is 0 Å². The Labute approximate surface area is 194 Å². The number of carbonyl (C=O) groups excluding carboxylic acids is 2. The van der Waals surface area contributed by atoms with E-state index in [4.69, 9.17) is 16.6 Å². The second-order valence-corrected chi connectivity index (χ2v) is 8.35. The summed E-state index contributed by atoms with van der Waals surface area (Å²) in [5.74, 6) is -1.23. The molecule has 0 saturated carbocycles. The monoisotopic (exact) mass is 459 g/mol. The molecular weight excluding hydrogens is 441 g/mol. The first-order valence-electron chi connectivity index (χ1n) is 10.6. The van der Waals surface area contributed by atoms with Gasteiger partial charge in [-0.2, -0.15) is 0 Å². The van der Waals surface area contributed by atoms with Crippen LogP contribution in [0.4, 0.5) is 4.39 Å². The Balaban J connectivity index is 1.75. The average Bonchev–Trinajstić information content (AvgIpc) is 3.08. The van der Waals surface area contributed by atoms with Crippen molar-refractivity contribution in [2.45, 2.75) is 26.3 Å². The molecule has 0 N–H and O–H groups in total. The predicted molar refractivity (Wildman–Crippen MR) is 125 cm³/mol. The molecular formula is C26H19ClFN3O2. The number of carbonyl (C=O) groups is 2. The minimum absolute atomic E-state index is 0.367. The summed E-state index contributed by atoms with van der Waals surface area (Å²) >= 11 is 6.42. The minimum Gasteiger partial charge on any atom is -0.269 e. The Morgan fingerprint density at radius 3 is 2.36 bits per heavy atom. The summed E-state index contributed by atoms with van der Waals surface area (Å²) < 4.78 is 14.3. The maximum absolute atomic E-state index is 14.3. The molecule has 0 fully saturated rings. The lowest BCUT2D eigenvalue weighted by molar-refractivity contribution is 0.0595. The van der Waals surface area contributed by atoms with E-state index in [0.29, 0.717) is 50.6 Å². The summed E-state index contributed by atoms with van der Waals surface area (Å²) in [6.07, 6.45) is 1.72. The van der Waals surface area contributed by atoms with E-state index < -0.39 is 11.9 Å². The van der Waals surface area contributed by atoms with E-state index in [1.807, 2.05) is 25.1 Å². The van der Waals surface area contributed by atoms with Gasteiger partial charge in [-0.25, -0.2) is 9.37 Å². The van der Waals surface area contributed by atoms with Gasteiger partial charge in [0.1, 0.15) is 5.82 Å². The van der Waals surface area contributed by atoms with Crippen molar-refractivity contribution in [1.82, 2.24) is 14.9 Å². The maximum Gasteiger partial charge on any atom is 0.262 e. The lowest BCUT2D eigenvalue weighted by Gasteiger charge is -2.25. The Hall–Kier alpha value is -3.64. The molecule has 3 heterocycles. The number of aryl methyl sites for hydroxylation is 1. The van der Waals surface area contributed by atoms with Gasteiger partial charge in [-0.1, -0.05) is 42.8 Å². The van der Waals surface area contributed by atoms with Crippen LogP contribution < -0.4 is 0 Å². The van der Waals surface area contributed by atoms with Gasteiger partial charge < -0.3 is 0 Å². The van der Waals surface area contributed by atoms with Gasteiger partial charge in [-0.05, 0) is 43.7 Å². The first-order valence-corrected chi connectivity index (χ1v) is 11.0. The van der Waals surface area contributed by atoms with E-state index in [-0.39, 0.29) is 11.8 Å². The first-order chi connectivity index (χ1) is 15.9. The van der Waals surface area contributed by atoms with Crippen LogP contribution in [-0.4, -0.2) is 26.7 Å². The van der Waals surface area contributed by atoms with Crippen LogP contribution in [0.25, 0.3) is 22.2 Å². The Morgan fingerprint density at radius 1 is 1.00 bits per heavy atom. The highest BCUT2D eigenvalue weighted by Crippen LogP contribution is 2.38. The second-order valence-electron chi connectivity index (χ2n) is 7.94. The molecule has 7 heteroatoms. The highest BCUT2D eigenvalue weighted by Gasteiger charge is 2.39. The van der Waals surface area contributed by atoms with Crippen molar-refractivity contribution in [3.05, 3.63) is 94.0 Å². The van der Waals surface area contributed by atoms with Gasteiger partial charge in [-0.15, -0.1) is 0 Å². The third-order valence-corrected chi connectivity index (χ3v) is 6.32. The summed E-state index contributed by atoms with van der Waals surface area (Å²) in [5.41, 5.74) is 3.52. The fourth-order valence-electron chi connectivity index (χ4n) is 4.37. The van der Waals surface area contributed by atoms with Gasteiger partial charge >= 0.3 is 0 Å². The Bertz CT molecular complexity index is 1420. The van der Waals surface area contributed by atoms with E-state index in [9.17, 15) is 14.0 Å². The standard InChI is InChI=1S/C26H19ClFN3O2/c1-3-22-20(12-16(28)13-29-22)24-19(11-15-7-6-10-21(27)23(15)30-24)14(2)31-25(32)17-8-4-5-9-18(17)26(31)33/h4-14H,3H2,1-2H3/t14-/m1/s1. The van der Waals surface area contributed by atoms with Crippen LogP contribution in [0.3, 0.4) is 0 Å². The number of amides is 2. The van der Waals surface area contributed by atoms with Crippen molar-refractivity contribution >= 4 is 34.3 Å². The largest absolute Gasteiger partial charge is 0.269 e. The molecule has 0 saturated heterocycles. The molecule has 4 aromatic rings. The van der Waals surface area contributed by atoms with Gasteiger partial charge in [0.25, 0.3) is 11.8 Å². The number of halogens is 2. The zero-order valence-corrected chi connectivity index (χ0v) is 18.7. The lowest BCUT2D eigenvalue weighted by atomic mass is 9.96. The molecule has 5 rings (SSSR count). The number of hydrogen-bond donors (Lipinski definition) is 0. The van der Waals surface area contributed by atoms with Crippen LogP contribution in [0.2, 0.25) is 5.02 Å². The van der Waals surface area contributed by atoms with E-state index in [2.05, 4.69) is 4.98 Å². The van der Waals surface area contributed by atoms with Gasteiger partial charge in [0.05, 0.1) is 39.6 Å². The number of nitrogens with zero attached hydrogens (tertiary/aromatic N) is 3. The topological polar surface area (TPSA) is 63.2 Å². The van der Waals surface area contributed by atoms with E-state index in [0.717, 1.165) is 5.39 Å². The number of pyridine rings is 2. The molecule has 5 nitrogen and oxygen atoms in total. The summed E-state index contributed by atoms with van der Waals surface area (Å²) in [5, 5.41) is 1.21. The molecule has 0 bridgehead atoms. The highest BCUT2D eigenvalue weighted by molar-refractivity contribution is 6.35. The van der Waals surface area contributed by atoms with E-state index in [1.54, 1.807) is 37.3 Å².